The van der Waals surface area contributed by atoms with Crippen LogP contribution in [0.15, 0.2) is 24.3 Å². The lowest BCUT2D eigenvalue weighted by atomic mass is 10.1. The first kappa shape index (κ1) is 16.8. The first-order valence-corrected chi connectivity index (χ1v) is 8.85. The van der Waals surface area contributed by atoms with Gasteiger partial charge in [0.1, 0.15) is 0 Å². The summed E-state index contributed by atoms with van der Waals surface area (Å²) >= 11 is 0. The molecule has 1 aromatic carbocycles. The van der Waals surface area contributed by atoms with Crippen LogP contribution in [0.4, 0.5) is 10.5 Å². The molecule has 1 aromatic rings. The van der Waals surface area contributed by atoms with Crippen LogP contribution in [-0.2, 0) is 4.79 Å². The van der Waals surface area contributed by atoms with Crippen LogP contribution in [0.25, 0.3) is 0 Å². The van der Waals surface area contributed by atoms with Crippen LogP contribution in [0.1, 0.15) is 31.2 Å². The van der Waals surface area contributed by atoms with Crippen LogP contribution in [-0.4, -0.2) is 43.7 Å². The Balaban J connectivity index is 1.36. The number of benzene rings is 1. The molecule has 3 amide bonds. The van der Waals surface area contributed by atoms with Crippen LogP contribution in [0, 0.1) is 6.92 Å². The van der Waals surface area contributed by atoms with Crippen LogP contribution in [0.3, 0.4) is 0 Å². The highest BCUT2D eigenvalue weighted by Crippen LogP contribution is 2.18. The molecule has 130 valence electrons. The van der Waals surface area contributed by atoms with Gasteiger partial charge in [-0.3, -0.25) is 4.79 Å². The highest BCUT2D eigenvalue weighted by atomic mass is 16.2. The molecule has 0 bridgehead atoms. The van der Waals surface area contributed by atoms with Gasteiger partial charge in [-0.25, -0.2) is 4.79 Å². The Bertz CT molecular complexity index is 575. The van der Waals surface area contributed by atoms with Crippen molar-refractivity contribution in [3.8, 4) is 0 Å². The summed E-state index contributed by atoms with van der Waals surface area (Å²) in [5.41, 5.74) is 1.97. The summed E-state index contributed by atoms with van der Waals surface area (Å²) in [6, 6.07) is 8.22. The zero-order valence-corrected chi connectivity index (χ0v) is 14.2. The summed E-state index contributed by atoms with van der Waals surface area (Å²) in [7, 11) is 0. The Labute approximate surface area is 143 Å². The van der Waals surface area contributed by atoms with E-state index in [1.165, 1.54) is 10.5 Å². The number of hydrogen-bond donors (Lipinski definition) is 4. The Morgan fingerprint density at radius 1 is 1.00 bits per heavy atom. The highest BCUT2D eigenvalue weighted by Gasteiger charge is 2.28. The van der Waals surface area contributed by atoms with Gasteiger partial charge in [0.25, 0.3) is 5.91 Å². The molecule has 0 atom stereocenters. The van der Waals surface area contributed by atoms with Gasteiger partial charge in [-0.15, -0.1) is 0 Å². The van der Waals surface area contributed by atoms with Crippen molar-refractivity contribution >= 4 is 17.6 Å². The minimum atomic E-state index is -0.154. The van der Waals surface area contributed by atoms with Gasteiger partial charge in [-0.05, 0) is 31.9 Å². The summed E-state index contributed by atoms with van der Waals surface area (Å²) in [4.78, 5) is 25.2. The quantitative estimate of drug-likeness (QED) is 0.632. The Hall–Kier alpha value is -2.08. The van der Waals surface area contributed by atoms with E-state index >= 15 is 0 Å². The second-order valence-electron chi connectivity index (χ2n) is 7.01. The van der Waals surface area contributed by atoms with E-state index in [4.69, 9.17) is 0 Å². The molecule has 2 fully saturated rings. The lowest BCUT2D eigenvalue weighted by Crippen LogP contribution is -3.14. The molecule has 0 radical (unpaired) electrons. The van der Waals surface area contributed by atoms with Crippen molar-refractivity contribution in [1.29, 1.82) is 0 Å². The van der Waals surface area contributed by atoms with Crippen molar-refractivity contribution in [2.45, 2.75) is 44.7 Å². The third kappa shape index (κ3) is 5.23. The van der Waals surface area contributed by atoms with Gasteiger partial charge in [0, 0.05) is 30.6 Å². The average Bonchev–Trinajstić information content (AvgIpc) is 3.35. The predicted molar refractivity (Wildman–Crippen MR) is 93.1 cm³/mol. The number of urea groups is 1. The molecule has 0 spiro atoms. The topological polar surface area (TPSA) is 74.7 Å². The third-order valence-electron chi connectivity index (χ3n) is 4.69. The zero-order valence-electron chi connectivity index (χ0n) is 14.2. The fourth-order valence-corrected chi connectivity index (χ4v) is 3.07. The van der Waals surface area contributed by atoms with Crippen molar-refractivity contribution in [2.75, 3.05) is 25.0 Å². The highest BCUT2D eigenvalue weighted by molar-refractivity contribution is 5.89. The van der Waals surface area contributed by atoms with Crippen LogP contribution in [0.5, 0.6) is 0 Å². The monoisotopic (exact) mass is 331 g/mol. The molecule has 6 heteroatoms. The van der Waals surface area contributed by atoms with Gasteiger partial charge in [0.15, 0.2) is 6.54 Å². The number of amides is 3. The van der Waals surface area contributed by atoms with Gasteiger partial charge < -0.3 is 20.9 Å². The number of quaternary nitrogens is 1. The van der Waals surface area contributed by atoms with E-state index in [1.807, 2.05) is 31.2 Å². The van der Waals surface area contributed by atoms with E-state index in [0.29, 0.717) is 12.6 Å². The maximum absolute atomic E-state index is 12.1. The summed E-state index contributed by atoms with van der Waals surface area (Å²) < 4.78 is 0. The number of carbonyl (C=O) groups excluding carboxylic acids is 2. The summed E-state index contributed by atoms with van der Waals surface area (Å²) in [6.07, 6.45) is 4.08. The second kappa shape index (κ2) is 7.66. The molecule has 1 aliphatic carbocycles. The number of rotatable bonds is 5. The molecule has 0 unspecified atom stereocenters. The molecular formula is C18H27N4O2+. The minimum Gasteiger partial charge on any atom is -0.348 e. The standard InChI is InChI=1S/C18H26N4O2/c1-13-2-4-15(5-3-13)20-18(24)21-16-8-10-22(11-9-16)12-17(23)19-14-6-7-14/h2-5,14,16H,6-12H2,1H3,(H,19,23)(H2,20,21,24)/p+1. The minimum absolute atomic E-state index is 0.154. The molecule has 3 rings (SSSR count). The van der Waals surface area contributed by atoms with E-state index < -0.39 is 0 Å². The van der Waals surface area contributed by atoms with Crippen molar-refractivity contribution in [3.63, 3.8) is 0 Å². The van der Waals surface area contributed by atoms with Gasteiger partial charge >= 0.3 is 6.03 Å². The van der Waals surface area contributed by atoms with E-state index in [0.717, 1.165) is 44.5 Å². The molecule has 1 saturated heterocycles. The Kier molecular flexibility index (Phi) is 5.35. The van der Waals surface area contributed by atoms with Crippen LogP contribution >= 0.6 is 0 Å². The Morgan fingerprint density at radius 3 is 2.25 bits per heavy atom. The number of aryl methyl sites for hydroxylation is 1. The number of anilines is 1. The fourth-order valence-electron chi connectivity index (χ4n) is 3.07. The smallest absolute Gasteiger partial charge is 0.319 e. The predicted octanol–water partition coefficient (Wildman–Crippen LogP) is 0.442. The van der Waals surface area contributed by atoms with Crippen molar-refractivity contribution < 1.29 is 14.5 Å². The van der Waals surface area contributed by atoms with E-state index in [1.54, 1.807) is 0 Å². The van der Waals surface area contributed by atoms with E-state index in [-0.39, 0.29) is 18.0 Å². The molecule has 2 aliphatic rings. The zero-order chi connectivity index (χ0) is 16.9. The average molecular weight is 331 g/mol. The maximum Gasteiger partial charge on any atom is 0.319 e. The molecular weight excluding hydrogens is 304 g/mol. The van der Waals surface area contributed by atoms with E-state index in [9.17, 15) is 9.59 Å². The molecule has 1 aliphatic heterocycles. The first-order chi connectivity index (χ1) is 11.6. The van der Waals surface area contributed by atoms with Crippen molar-refractivity contribution in [3.05, 3.63) is 29.8 Å². The van der Waals surface area contributed by atoms with Crippen LogP contribution < -0.4 is 20.9 Å². The van der Waals surface area contributed by atoms with Gasteiger partial charge in [0.05, 0.1) is 13.1 Å². The number of piperidine rings is 1. The number of hydrogen-bond acceptors (Lipinski definition) is 2. The van der Waals surface area contributed by atoms with Crippen molar-refractivity contribution in [1.82, 2.24) is 10.6 Å². The molecule has 0 aromatic heterocycles. The lowest BCUT2D eigenvalue weighted by molar-refractivity contribution is -0.897. The molecule has 1 saturated carbocycles. The SMILES string of the molecule is Cc1ccc(NC(=O)NC2CC[NH+](CC(=O)NC3CC3)CC2)cc1. The maximum atomic E-state index is 12.1. The molecule has 1 heterocycles. The van der Waals surface area contributed by atoms with Crippen molar-refractivity contribution in [2.24, 2.45) is 0 Å². The largest absolute Gasteiger partial charge is 0.348 e. The van der Waals surface area contributed by atoms with Crippen LogP contribution in [0.2, 0.25) is 0 Å². The molecule has 6 nitrogen and oxygen atoms in total. The lowest BCUT2D eigenvalue weighted by Gasteiger charge is -2.29. The summed E-state index contributed by atoms with van der Waals surface area (Å²) in [6.45, 7) is 4.42. The molecule has 24 heavy (non-hydrogen) atoms. The first-order valence-electron chi connectivity index (χ1n) is 8.85. The number of carbonyl (C=O) groups is 2. The summed E-state index contributed by atoms with van der Waals surface area (Å²) in [5.74, 6) is 0.163. The fraction of sp³-hybridized carbons (Fsp3) is 0.556. The normalized spacial score (nSPS) is 23.4. The Morgan fingerprint density at radius 2 is 1.62 bits per heavy atom. The number of likely N-dealkylation sites (tertiary alicyclic amines) is 1. The third-order valence-corrected chi connectivity index (χ3v) is 4.69. The summed E-state index contributed by atoms with van der Waals surface area (Å²) in [5, 5.41) is 8.94. The number of nitrogens with one attached hydrogen (secondary N) is 4. The molecule has 4 N–H and O–H groups in total. The van der Waals surface area contributed by atoms with Gasteiger partial charge in [0.2, 0.25) is 0 Å². The van der Waals surface area contributed by atoms with E-state index in [2.05, 4.69) is 16.0 Å². The van der Waals surface area contributed by atoms with Gasteiger partial charge in [-0.2, -0.15) is 0 Å². The second-order valence-corrected chi connectivity index (χ2v) is 7.01. The van der Waals surface area contributed by atoms with Gasteiger partial charge in [-0.1, -0.05) is 17.7 Å².